The fourth-order valence-corrected chi connectivity index (χ4v) is 3.44. The Morgan fingerprint density at radius 3 is 2.28 bits per heavy atom. The Morgan fingerprint density at radius 1 is 1.00 bits per heavy atom. The van der Waals surface area contributed by atoms with Gasteiger partial charge in [-0.15, -0.1) is 0 Å². The van der Waals surface area contributed by atoms with Crippen molar-refractivity contribution >= 4 is 11.8 Å². The normalized spacial score (nSPS) is 11.5. The highest BCUT2D eigenvalue weighted by atomic mass is 16.5. The van der Waals surface area contributed by atoms with Gasteiger partial charge in [0.05, 0.1) is 14.2 Å². The lowest BCUT2D eigenvalue weighted by Gasteiger charge is -2.29. The van der Waals surface area contributed by atoms with Gasteiger partial charge in [0.2, 0.25) is 11.8 Å². The van der Waals surface area contributed by atoms with Gasteiger partial charge >= 0.3 is 0 Å². The Hall–Kier alpha value is -3.02. The molecule has 0 heterocycles. The van der Waals surface area contributed by atoms with Crippen molar-refractivity contribution < 1.29 is 19.1 Å². The van der Waals surface area contributed by atoms with Crippen LogP contribution in [0.2, 0.25) is 0 Å². The van der Waals surface area contributed by atoms with Crippen LogP contribution in [0.4, 0.5) is 0 Å². The number of unbranched alkanes of at least 4 members (excludes halogenated alkanes) is 1. The van der Waals surface area contributed by atoms with Crippen LogP contribution in [0, 0.1) is 6.92 Å². The molecule has 6 nitrogen and oxygen atoms in total. The topological polar surface area (TPSA) is 67.9 Å². The molecule has 0 aliphatic heterocycles. The summed E-state index contributed by atoms with van der Waals surface area (Å²) in [4.78, 5) is 27.6. The summed E-state index contributed by atoms with van der Waals surface area (Å²) >= 11 is 0. The zero-order valence-corrected chi connectivity index (χ0v) is 19.9. The third-order valence-electron chi connectivity index (χ3n) is 5.55. The van der Waals surface area contributed by atoms with Crippen molar-refractivity contribution in [2.75, 3.05) is 20.8 Å². The van der Waals surface area contributed by atoms with Crippen LogP contribution in [0.5, 0.6) is 11.5 Å². The van der Waals surface area contributed by atoms with Crippen molar-refractivity contribution in [1.29, 1.82) is 0 Å². The Labute approximate surface area is 191 Å². The Bertz CT molecular complexity index is 880. The molecule has 32 heavy (non-hydrogen) atoms. The van der Waals surface area contributed by atoms with E-state index in [1.54, 1.807) is 26.0 Å². The third kappa shape index (κ3) is 7.29. The summed E-state index contributed by atoms with van der Waals surface area (Å²) < 4.78 is 10.6. The number of aryl methyl sites for hydroxylation is 2. The summed E-state index contributed by atoms with van der Waals surface area (Å²) in [6.07, 6.45) is 2.78. The number of hydrogen-bond acceptors (Lipinski definition) is 4. The average Bonchev–Trinajstić information content (AvgIpc) is 2.81. The van der Waals surface area contributed by atoms with E-state index in [1.165, 1.54) is 0 Å². The van der Waals surface area contributed by atoms with Crippen molar-refractivity contribution in [3.8, 4) is 11.5 Å². The molecule has 2 aromatic carbocycles. The second kappa shape index (κ2) is 12.7. The van der Waals surface area contributed by atoms with E-state index in [4.69, 9.17) is 9.47 Å². The summed E-state index contributed by atoms with van der Waals surface area (Å²) in [5.41, 5.74) is 3.14. The van der Waals surface area contributed by atoms with Crippen LogP contribution in [0.25, 0.3) is 0 Å². The largest absolute Gasteiger partial charge is 0.493 e. The van der Waals surface area contributed by atoms with Gasteiger partial charge in [-0.1, -0.05) is 49.2 Å². The molecule has 174 valence electrons. The molecule has 1 atom stereocenters. The monoisotopic (exact) mass is 440 g/mol. The number of nitrogens with one attached hydrogen (secondary N) is 1. The van der Waals surface area contributed by atoms with Crippen molar-refractivity contribution in [3.63, 3.8) is 0 Å². The van der Waals surface area contributed by atoms with Gasteiger partial charge in [0, 0.05) is 19.5 Å². The minimum atomic E-state index is -0.550. The van der Waals surface area contributed by atoms with Crippen molar-refractivity contribution in [3.05, 3.63) is 59.2 Å². The first-order chi connectivity index (χ1) is 15.4. The molecule has 0 aromatic heterocycles. The highest BCUT2D eigenvalue weighted by molar-refractivity contribution is 5.87. The Balaban J connectivity index is 2.13. The standard InChI is InChI=1S/C26H36N2O4/c1-6-7-16-27-26(30)20(3)28(18-22-10-8-19(2)9-11-22)25(29)15-13-21-12-14-23(31-4)24(17-21)32-5/h8-12,14,17,20H,6-7,13,15-16,18H2,1-5H3,(H,27,30). The van der Waals surface area contributed by atoms with E-state index < -0.39 is 6.04 Å². The molecule has 0 saturated carbocycles. The maximum Gasteiger partial charge on any atom is 0.242 e. The lowest BCUT2D eigenvalue weighted by Crippen LogP contribution is -2.47. The van der Waals surface area contributed by atoms with Crippen LogP contribution in [0.1, 0.15) is 49.8 Å². The zero-order chi connectivity index (χ0) is 23.5. The molecule has 2 aromatic rings. The van der Waals surface area contributed by atoms with Crippen LogP contribution in [-0.4, -0.2) is 43.5 Å². The van der Waals surface area contributed by atoms with E-state index in [0.29, 0.717) is 37.4 Å². The molecular formula is C26H36N2O4. The van der Waals surface area contributed by atoms with Crippen molar-refractivity contribution in [1.82, 2.24) is 10.2 Å². The zero-order valence-electron chi connectivity index (χ0n) is 19.9. The summed E-state index contributed by atoms with van der Waals surface area (Å²) in [5.74, 6) is 1.11. The molecule has 0 radical (unpaired) electrons. The van der Waals surface area contributed by atoms with E-state index in [0.717, 1.165) is 29.5 Å². The van der Waals surface area contributed by atoms with Gasteiger partial charge in [0.1, 0.15) is 6.04 Å². The maximum absolute atomic E-state index is 13.2. The van der Waals surface area contributed by atoms with Gasteiger partial charge in [0.15, 0.2) is 11.5 Å². The van der Waals surface area contributed by atoms with Crippen LogP contribution in [-0.2, 0) is 22.6 Å². The second-order valence-corrected chi connectivity index (χ2v) is 8.02. The smallest absolute Gasteiger partial charge is 0.242 e. The molecule has 0 saturated heterocycles. The lowest BCUT2D eigenvalue weighted by molar-refractivity contribution is -0.140. The van der Waals surface area contributed by atoms with Crippen molar-refractivity contribution in [2.45, 2.75) is 59.0 Å². The van der Waals surface area contributed by atoms with Crippen LogP contribution in [0.15, 0.2) is 42.5 Å². The predicted molar refractivity (Wildman–Crippen MR) is 127 cm³/mol. The van der Waals surface area contributed by atoms with E-state index >= 15 is 0 Å². The highest BCUT2D eigenvalue weighted by Crippen LogP contribution is 2.28. The fraction of sp³-hybridized carbons (Fsp3) is 0.462. The molecule has 0 spiro atoms. The second-order valence-electron chi connectivity index (χ2n) is 8.02. The van der Waals surface area contributed by atoms with Gasteiger partial charge in [-0.2, -0.15) is 0 Å². The fourth-order valence-electron chi connectivity index (χ4n) is 3.44. The number of hydrogen-bond donors (Lipinski definition) is 1. The molecule has 2 amide bonds. The van der Waals surface area contributed by atoms with E-state index in [-0.39, 0.29) is 11.8 Å². The molecule has 2 rings (SSSR count). The predicted octanol–water partition coefficient (Wildman–Crippen LogP) is 4.28. The number of methoxy groups -OCH3 is 2. The SMILES string of the molecule is CCCCNC(=O)C(C)N(Cc1ccc(C)cc1)C(=O)CCc1ccc(OC)c(OC)c1. The first kappa shape index (κ1) is 25.2. The molecular weight excluding hydrogens is 404 g/mol. The quantitative estimate of drug-likeness (QED) is 0.500. The molecule has 0 bridgehead atoms. The van der Waals surface area contributed by atoms with Crippen molar-refractivity contribution in [2.24, 2.45) is 0 Å². The van der Waals surface area contributed by atoms with Crippen LogP contribution in [0.3, 0.4) is 0 Å². The summed E-state index contributed by atoms with van der Waals surface area (Å²) in [7, 11) is 3.19. The average molecular weight is 441 g/mol. The van der Waals surface area contributed by atoms with Gasteiger partial charge < -0.3 is 19.7 Å². The number of rotatable bonds is 12. The molecule has 0 aliphatic carbocycles. The number of carbonyl (C=O) groups is 2. The summed E-state index contributed by atoms with van der Waals surface area (Å²) in [6, 6.07) is 13.2. The number of benzene rings is 2. The third-order valence-corrected chi connectivity index (χ3v) is 5.55. The van der Waals surface area contributed by atoms with E-state index in [1.807, 2.05) is 49.4 Å². The maximum atomic E-state index is 13.2. The summed E-state index contributed by atoms with van der Waals surface area (Å²) in [6.45, 7) is 6.92. The molecule has 6 heteroatoms. The lowest BCUT2D eigenvalue weighted by atomic mass is 10.1. The molecule has 1 unspecified atom stereocenters. The van der Waals surface area contributed by atoms with Gasteiger partial charge in [0.25, 0.3) is 0 Å². The minimum absolute atomic E-state index is 0.0569. The first-order valence-electron chi connectivity index (χ1n) is 11.2. The van der Waals surface area contributed by atoms with Crippen LogP contribution >= 0.6 is 0 Å². The number of nitrogens with zero attached hydrogens (tertiary/aromatic N) is 1. The highest BCUT2D eigenvalue weighted by Gasteiger charge is 2.25. The van der Waals surface area contributed by atoms with E-state index in [2.05, 4.69) is 12.2 Å². The number of carbonyl (C=O) groups excluding carboxylic acids is 2. The molecule has 0 aliphatic rings. The van der Waals surface area contributed by atoms with E-state index in [9.17, 15) is 9.59 Å². The number of amides is 2. The van der Waals surface area contributed by atoms with Gasteiger partial charge in [-0.3, -0.25) is 9.59 Å². The van der Waals surface area contributed by atoms with Gasteiger partial charge in [-0.25, -0.2) is 0 Å². The van der Waals surface area contributed by atoms with Crippen LogP contribution < -0.4 is 14.8 Å². The molecule has 0 fully saturated rings. The Kier molecular flexibility index (Phi) is 10.1. The minimum Gasteiger partial charge on any atom is -0.493 e. The molecule has 1 N–H and O–H groups in total. The van der Waals surface area contributed by atoms with Gasteiger partial charge in [-0.05, 0) is 49.9 Å². The summed E-state index contributed by atoms with van der Waals surface area (Å²) in [5, 5.41) is 2.95. The number of ether oxygens (including phenoxy) is 2. The first-order valence-corrected chi connectivity index (χ1v) is 11.2. The Morgan fingerprint density at radius 2 is 1.66 bits per heavy atom.